The molecule has 1 aromatic carbocycles. The number of carbonyl (C=O) groups is 1. The smallest absolute Gasteiger partial charge is 0.227 e. The predicted octanol–water partition coefficient (Wildman–Crippen LogP) is 3.14. The summed E-state index contributed by atoms with van der Waals surface area (Å²) in [6, 6.07) is 10.0. The van der Waals surface area contributed by atoms with Crippen LogP contribution in [0, 0.1) is 12.8 Å². The van der Waals surface area contributed by atoms with Crippen molar-refractivity contribution in [1.82, 2.24) is 29.5 Å². The molecule has 184 valence electrons. The number of nitrogens with zero attached hydrogens (tertiary/aromatic N) is 6. The molecule has 4 heterocycles. The van der Waals surface area contributed by atoms with Crippen molar-refractivity contribution in [2.75, 3.05) is 25.4 Å². The summed E-state index contributed by atoms with van der Waals surface area (Å²) in [4.78, 5) is 26.8. The Morgan fingerprint density at radius 1 is 1.31 bits per heavy atom. The van der Waals surface area contributed by atoms with E-state index >= 15 is 0 Å². The molecule has 0 unspecified atom stereocenters. The number of hydrogen-bond donors (Lipinski definition) is 1. The fraction of sp³-hybridized carbons (Fsp3) is 0.481. The molecule has 1 N–H and O–H groups in total. The number of aromatic nitrogens is 4. The summed E-state index contributed by atoms with van der Waals surface area (Å²) in [5.41, 5.74) is 4.91. The first kappa shape index (κ1) is 20.0. The average Bonchev–Trinajstić information content (AvgIpc) is 3.30. The van der Waals surface area contributed by atoms with Gasteiger partial charge in [-0.1, -0.05) is 29.8 Å². The molecule has 0 saturated carbocycles. The van der Waals surface area contributed by atoms with Gasteiger partial charge in [0.1, 0.15) is 0 Å². The number of hydrogen-bond acceptors (Lipinski definition) is 6. The molecule has 8 nitrogen and oxygen atoms in total. The zero-order valence-electron chi connectivity index (χ0n) is 23.6. The van der Waals surface area contributed by atoms with Gasteiger partial charge < -0.3 is 15.1 Å². The van der Waals surface area contributed by atoms with Crippen molar-refractivity contribution in [1.29, 1.82) is 0 Å². The summed E-state index contributed by atoms with van der Waals surface area (Å²) in [6.07, 6.45) is 4.94. The van der Waals surface area contributed by atoms with Crippen LogP contribution in [0.1, 0.15) is 51.5 Å². The van der Waals surface area contributed by atoms with Crippen LogP contribution < -0.4 is 5.32 Å². The molecular weight excluding hydrogens is 438 g/mol. The Kier molecular flexibility index (Phi) is 5.58. The highest BCUT2D eigenvalue weighted by Gasteiger charge is 2.39. The van der Waals surface area contributed by atoms with Gasteiger partial charge in [-0.05, 0) is 57.4 Å². The van der Waals surface area contributed by atoms with Gasteiger partial charge in [0, 0.05) is 48.0 Å². The van der Waals surface area contributed by atoms with Gasteiger partial charge in [-0.25, -0.2) is 9.97 Å². The normalized spacial score (nSPS) is 24.3. The molecule has 2 aliphatic heterocycles. The van der Waals surface area contributed by atoms with E-state index < -0.39 is 6.98 Å². The van der Waals surface area contributed by atoms with E-state index in [4.69, 9.17) is 9.10 Å². The number of likely N-dealkylation sites (N-methyl/N-ethyl adjacent to an activating group) is 1. The standard InChI is InChI=1S/C27H35N7O/c1-18-6-5-7-20(12-18)24-16-32(3)10-9-23(24)26(35)34-17-25-21(13-19(34)2)14-28-27(30-25)29-15-22-8-11-33(4)31-22/h5-8,11-12,14,19,23-24H,9-10,13,15-17H2,1-4H3,(H,28,29,30)/t19-,23-,24+/m1/s1/i3D3. The number of amides is 1. The maximum Gasteiger partial charge on any atom is 0.227 e. The highest BCUT2D eigenvalue weighted by molar-refractivity contribution is 5.81. The van der Waals surface area contributed by atoms with Gasteiger partial charge in [-0.15, -0.1) is 0 Å². The minimum Gasteiger partial charge on any atom is -0.348 e. The van der Waals surface area contributed by atoms with Gasteiger partial charge in [0.05, 0.1) is 24.5 Å². The van der Waals surface area contributed by atoms with Crippen LogP contribution in [0.15, 0.2) is 42.7 Å². The van der Waals surface area contributed by atoms with Crippen molar-refractivity contribution in [3.05, 3.63) is 70.8 Å². The van der Waals surface area contributed by atoms with E-state index in [1.807, 2.05) is 55.5 Å². The third-order valence-electron chi connectivity index (χ3n) is 7.20. The van der Waals surface area contributed by atoms with Gasteiger partial charge in [0.2, 0.25) is 11.9 Å². The number of nitrogens with one attached hydrogen (secondary N) is 1. The second-order valence-corrected chi connectivity index (χ2v) is 9.88. The molecule has 1 fully saturated rings. The van der Waals surface area contributed by atoms with Crippen LogP contribution in [0.3, 0.4) is 0 Å². The van der Waals surface area contributed by atoms with Gasteiger partial charge in [-0.3, -0.25) is 9.48 Å². The van der Waals surface area contributed by atoms with Crippen molar-refractivity contribution in [3.63, 3.8) is 0 Å². The van der Waals surface area contributed by atoms with Crippen molar-refractivity contribution < 1.29 is 8.91 Å². The van der Waals surface area contributed by atoms with E-state index in [1.165, 1.54) is 4.90 Å². The zero-order chi connectivity index (χ0) is 27.0. The lowest BCUT2D eigenvalue weighted by Gasteiger charge is -2.42. The van der Waals surface area contributed by atoms with Crippen molar-refractivity contribution in [3.8, 4) is 0 Å². The van der Waals surface area contributed by atoms with Crippen molar-refractivity contribution in [2.24, 2.45) is 13.0 Å². The second kappa shape index (κ2) is 9.77. The second-order valence-electron chi connectivity index (χ2n) is 9.88. The van der Waals surface area contributed by atoms with E-state index in [9.17, 15) is 4.79 Å². The van der Waals surface area contributed by atoms with Crippen LogP contribution in [0.25, 0.3) is 0 Å². The Morgan fingerprint density at radius 3 is 2.97 bits per heavy atom. The summed E-state index contributed by atoms with van der Waals surface area (Å²) in [5.74, 6) is 0.107. The molecule has 8 heteroatoms. The Balaban J connectivity index is 1.36. The summed E-state index contributed by atoms with van der Waals surface area (Å²) >= 11 is 0. The van der Waals surface area contributed by atoms with Crippen LogP contribution in [0.5, 0.6) is 0 Å². The van der Waals surface area contributed by atoms with Gasteiger partial charge in [-0.2, -0.15) is 5.10 Å². The predicted molar refractivity (Wildman–Crippen MR) is 136 cm³/mol. The van der Waals surface area contributed by atoms with Gasteiger partial charge in [0.15, 0.2) is 0 Å². The van der Waals surface area contributed by atoms with Crippen LogP contribution in [-0.4, -0.2) is 61.6 Å². The fourth-order valence-corrected chi connectivity index (χ4v) is 5.30. The topological polar surface area (TPSA) is 79.2 Å². The first-order valence-corrected chi connectivity index (χ1v) is 12.3. The Labute approximate surface area is 211 Å². The van der Waals surface area contributed by atoms with Crippen LogP contribution >= 0.6 is 0 Å². The highest BCUT2D eigenvalue weighted by atomic mass is 16.2. The molecule has 1 saturated heterocycles. The first-order valence-electron chi connectivity index (χ1n) is 13.8. The summed E-state index contributed by atoms with van der Waals surface area (Å²) < 4.78 is 25.6. The van der Waals surface area contributed by atoms with Gasteiger partial charge >= 0.3 is 0 Å². The average molecular weight is 477 g/mol. The number of carbonyl (C=O) groups excluding carboxylic acids is 1. The number of benzene rings is 1. The highest BCUT2D eigenvalue weighted by Crippen LogP contribution is 2.35. The fourth-order valence-electron chi connectivity index (χ4n) is 5.30. The van der Waals surface area contributed by atoms with Crippen LogP contribution in [0.2, 0.25) is 0 Å². The largest absolute Gasteiger partial charge is 0.348 e. The lowest BCUT2D eigenvalue weighted by Crippen LogP contribution is -2.50. The number of aryl methyl sites for hydroxylation is 2. The molecular formula is C27H35N7O. The number of rotatable bonds is 5. The number of anilines is 1. The maximum atomic E-state index is 14.1. The van der Waals surface area contributed by atoms with Crippen LogP contribution in [0.4, 0.5) is 5.95 Å². The van der Waals surface area contributed by atoms with E-state index in [-0.39, 0.29) is 23.8 Å². The quantitative estimate of drug-likeness (QED) is 0.610. The Bertz CT molecular complexity index is 1310. The monoisotopic (exact) mass is 476 g/mol. The van der Waals surface area contributed by atoms with Crippen LogP contribution in [-0.2, 0) is 31.4 Å². The molecule has 2 aliphatic rings. The molecule has 35 heavy (non-hydrogen) atoms. The molecule has 3 aromatic rings. The molecule has 1 amide bonds. The summed E-state index contributed by atoms with van der Waals surface area (Å²) in [5, 5.41) is 7.61. The van der Waals surface area contributed by atoms with E-state index in [1.54, 1.807) is 4.68 Å². The van der Waals surface area contributed by atoms with E-state index in [0.29, 0.717) is 45.0 Å². The first-order chi connectivity index (χ1) is 18.1. The molecule has 0 bridgehead atoms. The molecule has 2 aromatic heterocycles. The molecule has 5 rings (SSSR count). The lowest BCUT2D eigenvalue weighted by atomic mass is 9.79. The molecule has 0 spiro atoms. The number of piperidine rings is 1. The van der Waals surface area contributed by atoms with Crippen molar-refractivity contribution >= 4 is 11.9 Å². The minimum absolute atomic E-state index is 0.00438. The number of fused-ring (bicyclic) bond motifs is 1. The maximum absolute atomic E-state index is 14.1. The Hall–Kier alpha value is -3.26. The number of likely N-dealkylation sites (tertiary alicyclic amines) is 1. The third-order valence-corrected chi connectivity index (χ3v) is 7.20. The summed E-state index contributed by atoms with van der Waals surface area (Å²) in [6.45, 7) is 3.54. The van der Waals surface area contributed by atoms with E-state index in [2.05, 4.69) is 28.4 Å². The molecule has 0 radical (unpaired) electrons. The Morgan fingerprint density at radius 2 is 2.20 bits per heavy atom. The van der Waals surface area contributed by atoms with Gasteiger partial charge in [0.25, 0.3) is 0 Å². The van der Waals surface area contributed by atoms with E-state index in [0.717, 1.165) is 28.1 Å². The SMILES string of the molecule is [2H]C([2H])([2H])N1CC[C@@H](C(=O)N2Cc3nc(NCc4ccn(C)n4)ncc3C[C@H]2C)[C@H](c2cccc(C)c2)C1. The zero-order valence-corrected chi connectivity index (χ0v) is 20.6. The van der Waals surface area contributed by atoms with Crippen molar-refractivity contribution in [2.45, 2.75) is 51.7 Å². The minimum atomic E-state index is -2.18. The third kappa shape index (κ3) is 5.07. The lowest BCUT2D eigenvalue weighted by molar-refractivity contribution is -0.141. The molecule has 0 aliphatic carbocycles. The summed E-state index contributed by atoms with van der Waals surface area (Å²) in [7, 11) is 1.88. The molecule has 3 atom stereocenters.